The van der Waals surface area contributed by atoms with Crippen molar-refractivity contribution in [2.75, 3.05) is 31.1 Å². The lowest BCUT2D eigenvalue weighted by Crippen LogP contribution is -2.76. The molecule has 0 radical (unpaired) electrons. The van der Waals surface area contributed by atoms with Crippen LogP contribution in [0.3, 0.4) is 0 Å². The quantitative estimate of drug-likeness (QED) is 0.463. The molecule has 2 bridgehead atoms. The highest BCUT2D eigenvalue weighted by atomic mass is 32.1. The van der Waals surface area contributed by atoms with Crippen molar-refractivity contribution in [3.63, 3.8) is 0 Å². The summed E-state index contributed by atoms with van der Waals surface area (Å²) in [6.45, 7) is 1.25. The predicted octanol–water partition coefficient (Wildman–Crippen LogP) is 5.57. The SMILES string of the molecule is O=C([C@H]1N[C@H]2CC[C@@H]1[C@@H](F)[C@@H]2CC1CC1)N1CC2(C1)CN(c1c(C(F)(F)F)cnc3sc(CC(F)(F)F)cc13)C2. The molecule has 6 heterocycles. The van der Waals surface area contributed by atoms with Crippen molar-refractivity contribution in [1.29, 1.82) is 0 Å². The summed E-state index contributed by atoms with van der Waals surface area (Å²) in [5.41, 5.74) is -1.50. The Kier molecular flexibility index (Phi) is 5.96. The minimum absolute atomic E-state index is 0.00622. The first-order valence-electron chi connectivity index (χ1n) is 13.8. The molecule has 2 aromatic heterocycles. The molecule has 2 aromatic rings. The number of likely N-dealkylation sites (tertiary alicyclic amines) is 1. The third kappa shape index (κ3) is 4.55. The summed E-state index contributed by atoms with van der Waals surface area (Å²) in [6.07, 6.45) is -5.98. The summed E-state index contributed by atoms with van der Waals surface area (Å²) in [5, 5.41) is 3.49. The molecule has 2 aliphatic carbocycles. The highest BCUT2D eigenvalue weighted by molar-refractivity contribution is 7.18. The molecule has 0 aromatic carbocycles. The Labute approximate surface area is 230 Å². The second kappa shape index (κ2) is 8.92. The van der Waals surface area contributed by atoms with E-state index in [0.29, 0.717) is 31.6 Å². The maximum absolute atomic E-state index is 15.4. The molecule has 4 aliphatic heterocycles. The first-order chi connectivity index (χ1) is 18.8. The number of hydrogen-bond acceptors (Lipinski definition) is 5. The number of carbonyl (C=O) groups excluding carboxylic acids is 1. The van der Waals surface area contributed by atoms with Gasteiger partial charge in [-0.25, -0.2) is 9.37 Å². The van der Waals surface area contributed by atoms with Gasteiger partial charge in [0.15, 0.2) is 0 Å². The van der Waals surface area contributed by atoms with E-state index in [1.165, 1.54) is 6.07 Å². The van der Waals surface area contributed by atoms with Crippen LogP contribution in [0.25, 0.3) is 10.2 Å². The second-order valence-corrected chi connectivity index (χ2v) is 13.7. The number of amides is 1. The Morgan fingerprint density at radius 2 is 1.80 bits per heavy atom. The zero-order valence-electron chi connectivity index (χ0n) is 21.5. The number of aromatic nitrogens is 1. The van der Waals surface area contributed by atoms with Crippen LogP contribution in [0.4, 0.5) is 36.4 Å². The molecule has 6 fully saturated rings. The van der Waals surface area contributed by atoms with Crippen molar-refractivity contribution >= 4 is 33.1 Å². The molecular formula is C27H29F7N4OS. The zero-order chi connectivity index (χ0) is 28.2. The van der Waals surface area contributed by atoms with Crippen LogP contribution in [-0.4, -0.2) is 66.4 Å². The van der Waals surface area contributed by atoms with Gasteiger partial charge in [0.25, 0.3) is 0 Å². The van der Waals surface area contributed by atoms with E-state index in [2.05, 4.69) is 10.3 Å². The number of nitrogens with one attached hydrogen (secondary N) is 1. The van der Waals surface area contributed by atoms with Gasteiger partial charge >= 0.3 is 12.4 Å². The van der Waals surface area contributed by atoms with Crippen LogP contribution in [0.1, 0.15) is 42.5 Å². The van der Waals surface area contributed by atoms with Crippen LogP contribution in [0.5, 0.6) is 0 Å². The summed E-state index contributed by atoms with van der Waals surface area (Å²) < 4.78 is 95.9. The fourth-order valence-corrected chi connectivity index (χ4v) is 8.61. The summed E-state index contributed by atoms with van der Waals surface area (Å²) in [6, 6.07) is 0.610. The number of fused-ring (bicyclic) bond motifs is 4. The van der Waals surface area contributed by atoms with Crippen molar-refractivity contribution in [3.8, 4) is 0 Å². The largest absolute Gasteiger partial charge is 0.419 e. The fraction of sp³-hybridized carbons (Fsp3) is 0.704. The zero-order valence-corrected chi connectivity index (χ0v) is 22.3. The van der Waals surface area contributed by atoms with Gasteiger partial charge in [-0.15, -0.1) is 11.3 Å². The highest BCUT2D eigenvalue weighted by Crippen LogP contribution is 2.51. The molecule has 13 heteroatoms. The number of carbonyl (C=O) groups is 1. The molecule has 1 amide bonds. The molecule has 5 nitrogen and oxygen atoms in total. The van der Waals surface area contributed by atoms with Gasteiger partial charge in [-0.1, -0.05) is 12.8 Å². The average molecular weight is 591 g/mol. The summed E-state index contributed by atoms with van der Waals surface area (Å²) in [7, 11) is 0. The van der Waals surface area contributed by atoms with Crippen LogP contribution in [0.2, 0.25) is 0 Å². The van der Waals surface area contributed by atoms with Gasteiger partial charge in [0.05, 0.1) is 23.7 Å². The molecule has 8 rings (SSSR count). The molecule has 6 aliphatic rings. The van der Waals surface area contributed by atoms with Gasteiger partial charge < -0.3 is 15.1 Å². The third-order valence-electron chi connectivity index (χ3n) is 9.53. The molecule has 218 valence electrons. The number of alkyl halides is 7. The number of anilines is 1. The van der Waals surface area contributed by atoms with E-state index in [1.54, 1.807) is 9.80 Å². The van der Waals surface area contributed by atoms with E-state index in [4.69, 9.17) is 0 Å². The van der Waals surface area contributed by atoms with Gasteiger partial charge in [0.2, 0.25) is 5.91 Å². The average Bonchev–Trinajstić information content (AvgIpc) is 3.54. The van der Waals surface area contributed by atoms with Crippen LogP contribution in [0.15, 0.2) is 12.3 Å². The molecule has 1 spiro atoms. The number of halogens is 7. The molecular weight excluding hydrogens is 561 g/mol. The van der Waals surface area contributed by atoms with Gasteiger partial charge in [-0.3, -0.25) is 4.79 Å². The van der Waals surface area contributed by atoms with E-state index in [1.807, 2.05) is 0 Å². The number of piperidine rings is 2. The third-order valence-corrected chi connectivity index (χ3v) is 10.6. The lowest BCUT2D eigenvalue weighted by Gasteiger charge is -2.62. The summed E-state index contributed by atoms with van der Waals surface area (Å²) in [4.78, 5) is 20.4. The number of hydrogen-bond donors (Lipinski definition) is 1. The predicted molar refractivity (Wildman–Crippen MR) is 135 cm³/mol. The van der Waals surface area contributed by atoms with E-state index in [-0.39, 0.29) is 63.1 Å². The minimum atomic E-state index is -4.72. The van der Waals surface area contributed by atoms with Crippen LogP contribution in [0, 0.1) is 23.2 Å². The maximum atomic E-state index is 15.4. The smallest absolute Gasteiger partial charge is 0.369 e. The van der Waals surface area contributed by atoms with Gasteiger partial charge in [-0.05, 0) is 31.2 Å². The van der Waals surface area contributed by atoms with E-state index in [9.17, 15) is 31.1 Å². The first-order valence-corrected chi connectivity index (χ1v) is 14.6. The van der Waals surface area contributed by atoms with Crippen molar-refractivity contribution in [2.24, 2.45) is 23.2 Å². The van der Waals surface area contributed by atoms with Gasteiger partial charge in [0, 0.05) is 65.9 Å². The number of nitrogens with zero attached hydrogens (tertiary/aromatic N) is 3. The van der Waals surface area contributed by atoms with E-state index in [0.717, 1.165) is 37.0 Å². The summed E-state index contributed by atoms with van der Waals surface area (Å²) in [5.74, 6) is 0.0926. The lowest BCUT2D eigenvalue weighted by atomic mass is 9.66. The highest BCUT2D eigenvalue weighted by Gasteiger charge is 2.58. The Morgan fingerprint density at radius 3 is 2.42 bits per heavy atom. The normalized spacial score (nSPS) is 31.5. The van der Waals surface area contributed by atoms with Crippen molar-refractivity contribution < 1.29 is 35.5 Å². The number of pyridine rings is 1. The standard InChI is InChI=1S/C27H29F7N4OS/c28-20-15-3-4-19(16(20)5-13-1-2-13)36-21(15)24(39)38-11-25(12-38)9-37(10-25)22-17-6-14(7-26(29,30)31)40-23(17)35-8-18(22)27(32,33)34/h6,8,13,15-16,19-21,36H,1-5,7,9-12H2/t15-,16-,19+,20-,21+/m1/s1. The molecule has 4 saturated heterocycles. The molecule has 40 heavy (non-hydrogen) atoms. The van der Waals surface area contributed by atoms with Gasteiger partial charge in [-0.2, -0.15) is 26.3 Å². The minimum Gasteiger partial charge on any atom is -0.369 e. The monoisotopic (exact) mass is 590 g/mol. The van der Waals surface area contributed by atoms with Crippen LogP contribution in [-0.2, 0) is 17.4 Å². The summed E-state index contributed by atoms with van der Waals surface area (Å²) >= 11 is 0.746. The second-order valence-electron chi connectivity index (χ2n) is 12.6. The van der Waals surface area contributed by atoms with Gasteiger partial charge in [0.1, 0.15) is 11.0 Å². The molecule has 1 N–H and O–H groups in total. The van der Waals surface area contributed by atoms with E-state index < -0.39 is 36.6 Å². The van der Waals surface area contributed by atoms with E-state index >= 15 is 4.39 Å². The number of rotatable bonds is 5. The molecule has 0 unspecified atom stereocenters. The maximum Gasteiger partial charge on any atom is 0.419 e. The topological polar surface area (TPSA) is 48.5 Å². The Hall–Kier alpha value is -2.15. The lowest BCUT2D eigenvalue weighted by molar-refractivity contribution is -0.155. The Balaban J connectivity index is 1.04. The van der Waals surface area contributed by atoms with Crippen LogP contribution < -0.4 is 10.2 Å². The van der Waals surface area contributed by atoms with Crippen molar-refractivity contribution in [3.05, 3.63) is 22.7 Å². The molecule has 2 saturated carbocycles. The number of thiophene rings is 1. The first kappa shape index (κ1) is 26.7. The Morgan fingerprint density at radius 1 is 1.07 bits per heavy atom. The van der Waals surface area contributed by atoms with Crippen molar-refractivity contribution in [2.45, 2.75) is 69.1 Å². The molecule has 5 atom stereocenters. The fourth-order valence-electron chi connectivity index (χ4n) is 7.58. The van der Waals surface area contributed by atoms with Crippen LogP contribution >= 0.6 is 11.3 Å². The Bertz CT molecular complexity index is 1320. The van der Waals surface area contributed by atoms with Crippen molar-refractivity contribution in [1.82, 2.24) is 15.2 Å².